The summed E-state index contributed by atoms with van der Waals surface area (Å²) >= 11 is 0. The van der Waals surface area contributed by atoms with Gasteiger partial charge in [0, 0.05) is 19.3 Å². The molecule has 0 spiro atoms. The zero-order chi connectivity index (χ0) is 12.8. The Kier molecular flexibility index (Phi) is 2.38. The molecule has 0 unspecified atom stereocenters. The molecule has 18 heavy (non-hydrogen) atoms. The third kappa shape index (κ3) is 1.67. The van der Waals surface area contributed by atoms with Crippen LogP contribution in [0.15, 0.2) is 24.5 Å². The molecule has 0 radical (unpaired) electrons. The Morgan fingerprint density at radius 3 is 3.00 bits per heavy atom. The lowest BCUT2D eigenvalue weighted by Crippen LogP contribution is -2.30. The summed E-state index contributed by atoms with van der Waals surface area (Å²) in [6, 6.07) is 5.74. The van der Waals surface area contributed by atoms with Crippen LogP contribution in [0.2, 0.25) is 0 Å². The third-order valence-corrected chi connectivity index (χ3v) is 3.71. The monoisotopic (exact) mass is 244 g/mol. The minimum absolute atomic E-state index is 0.0280. The van der Waals surface area contributed by atoms with Crippen molar-refractivity contribution in [3.8, 4) is 0 Å². The fraction of sp³-hybridized carbons (Fsp3) is 0.385. The second kappa shape index (κ2) is 3.81. The largest absolute Gasteiger partial charge is 0.334 e. The van der Waals surface area contributed by atoms with Crippen LogP contribution < -0.4 is 11.1 Å². The van der Waals surface area contributed by atoms with Crippen LogP contribution in [-0.2, 0) is 11.8 Å². The van der Waals surface area contributed by atoms with Crippen LogP contribution in [0.3, 0.4) is 0 Å². The third-order valence-electron chi connectivity index (χ3n) is 3.71. The fourth-order valence-corrected chi connectivity index (χ4v) is 2.15. The van der Waals surface area contributed by atoms with Gasteiger partial charge >= 0.3 is 0 Å². The summed E-state index contributed by atoms with van der Waals surface area (Å²) in [5.74, 6) is 0.0280. The van der Waals surface area contributed by atoms with Crippen LogP contribution in [0.5, 0.6) is 0 Å². The normalized spacial score (nSPS) is 16.8. The van der Waals surface area contributed by atoms with Gasteiger partial charge in [0.1, 0.15) is 0 Å². The van der Waals surface area contributed by atoms with Gasteiger partial charge in [-0.2, -0.15) is 0 Å². The first-order valence-corrected chi connectivity index (χ1v) is 6.07. The number of amides is 1. The van der Waals surface area contributed by atoms with Crippen molar-refractivity contribution in [1.82, 2.24) is 9.55 Å². The van der Waals surface area contributed by atoms with E-state index in [1.807, 2.05) is 29.8 Å². The lowest BCUT2D eigenvalue weighted by molar-refractivity contribution is -0.120. The lowest BCUT2D eigenvalue weighted by atomic mass is 10.1. The van der Waals surface area contributed by atoms with E-state index < -0.39 is 0 Å². The zero-order valence-corrected chi connectivity index (χ0v) is 10.3. The molecule has 0 bridgehead atoms. The summed E-state index contributed by atoms with van der Waals surface area (Å²) in [5.41, 5.74) is 8.03. The summed E-state index contributed by atoms with van der Waals surface area (Å²) in [7, 11) is 1.95. The van der Waals surface area contributed by atoms with Gasteiger partial charge in [-0.3, -0.25) is 4.79 Å². The highest BCUT2D eigenvalue weighted by molar-refractivity contribution is 5.98. The van der Waals surface area contributed by atoms with Crippen LogP contribution in [-0.4, -0.2) is 22.0 Å². The van der Waals surface area contributed by atoms with Gasteiger partial charge in [0.2, 0.25) is 5.91 Å². The Labute approximate surface area is 105 Å². The van der Waals surface area contributed by atoms with Crippen molar-refractivity contribution in [3.05, 3.63) is 24.5 Å². The van der Waals surface area contributed by atoms with Crippen LogP contribution in [0.1, 0.15) is 12.8 Å². The molecule has 5 nitrogen and oxygen atoms in total. The second-order valence-electron chi connectivity index (χ2n) is 5.00. The molecule has 1 heterocycles. The minimum atomic E-state index is -0.320. The van der Waals surface area contributed by atoms with Gasteiger partial charge in [-0.1, -0.05) is 0 Å². The number of nitrogens with two attached hydrogens (primary N) is 1. The predicted octanol–water partition coefficient (Wildman–Crippen LogP) is 1.25. The van der Waals surface area contributed by atoms with Gasteiger partial charge in [-0.05, 0) is 31.0 Å². The second-order valence-corrected chi connectivity index (χ2v) is 5.00. The molecule has 2 aromatic rings. The van der Waals surface area contributed by atoms with Crippen LogP contribution in [0.4, 0.5) is 5.69 Å². The van der Waals surface area contributed by atoms with Crippen molar-refractivity contribution in [2.45, 2.75) is 12.8 Å². The molecule has 1 aromatic carbocycles. The van der Waals surface area contributed by atoms with E-state index in [0.717, 1.165) is 29.6 Å². The van der Waals surface area contributed by atoms with E-state index in [0.29, 0.717) is 6.54 Å². The summed E-state index contributed by atoms with van der Waals surface area (Å²) in [5, 5.41) is 2.93. The number of benzene rings is 1. The average molecular weight is 244 g/mol. The minimum Gasteiger partial charge on any atom is -0.334 e. The van der Waals surface area contributed by atoms with Gasteiger partial charge in [0.15, 0.2) is 0 Å². The van der Waals surface area contributed by atoms with Gasteiger partial charge < -0.3 is 15.6 Å². The number of nitrogens with zero attached hydrogens (tertiary/aromatic N) is 2. The zero-order valence-electron chi connectivity index (χ0n) is 10.3. The van der Waals surface area contributed by atoms with Crippen molar-refractivity contribution >= 4 is 22.6 Å². The Bertz CT molecular complexity index is 612. The first kappa shape index (κ1) is 11.2. The van der Waals surface area contributed by atoms with Crippen molar-refractivity contribution in [1.29, 1.82) is 0 Å². The topological polar surface area (TPSA) is 72.9 Å². The number of hydrogen-bond donors (Lipinski definition) is 2. The molecular weight excluding hydrogens is 228 g/mol. The maximum atomic E-state index is 12.1. The first-order chi connectivity index (χ1) is 8.64. The number of aromatic nitrogens is 2. The molecule has 3 N–H and O–H groups in total. The molecule has 1 fully saturated rings. The van der Waals surface area contributed by atoms with Gasteiger partial charge in [-0.25, -0.2) is 4.98 Å². The smallest absolute Gasteiger partial charge is 0.231 e. The Morgan fingerprint density at radius 1 is 1.56 bits per heavy atom. The van der Waals surface area contributed by atoms with Gasteiger partial charge in [0.05, 0.1) is 22.8 Å². The Balaban J connectivity index is 1.85. The van der Waals surface area contributed by atoms with Crippen LogP contribution in [0.25, 0.3) is 11.0 Å². The predicted molar refractivity (Wildman–Crippen MR) is 70.1 cm³/mol. The van der Waals surface area contributed by atoms with E-state index in [-0.39, 0.29) is 11.3 Å². The molecule has 1 saturated carbocycles. The standard InChI is InChI=1S/C13H16N4O/c1-17-8-15-10-6-9(2-3-11(10)17)16-12(18)13(7-14)4-5-13/h2-3,6,8H,4-5,7,14H2,1H3,(H,16,18). The van der Waals surface area contributed by atoms with Gasteiger partial charge in [-0.15, -0.1) is 0 Å². The molecule has 5 heteroatoms. The Hall–Kier alpha value is -1.88. The molecular formula is C13H16N4O. The molecule has 1 aromatic heterocycles. The highest BCUT2D eigenvalue weighted by atomic mass is 16.2. The quantitative estimate of drug-likeness (QED) is 0.853. The number of imidazole rings is 1. The van der Waals surface area contributed by atoms with E-state index in [1.165, 1.54) is 0 Å². The highest BCUT2D eigenvalue weighted by Crippen LogP contribution is 2.45. The number of carbonyl (C=O) groups excluding carboxylic acids is 1. The van der Waals surface area contributed by atoms with Crippen molar-refractivity contribution in [2.75, 3.05) is 11.9 Å². The molecule has 3 rings (SSSR count). The number of carbonyl (C=O) groups is 1. The number of hydrogen-bond acceptors (Lipinski definition) is 3. The molecule has 0 saturated heterocycles. The number of anilines is 1. The summed E-state index contributed by atoms with van der Waals surface area (Å²) in [6.45, 7) is 0.421. The highest BCUT2D eigenvalue weighted by Gasteiger charge is 2.48. The van der Waals surface area contributed by atoms with E-state index in [1.54, 1.807) is 6.33 Å². The summed E-state index contributed by atoms with van der Waals surface area (Å²) in [4.78, 5) is 16.3. The SMILES string of the molecule is Cn1cnc2cc(NC(=O)C3(CN)CC3)ccc21. The van der Waals surface area contributed by atoms with Crippen molar-refractivity contribution in [2.24, 2.45) is 18.2 Å². The van der Waals surface area contributed by atoms with Crippen LogP contribution >= 0.6 is 0 Å². The summed E-state index contributed by atoms with van der Waals surface area (Å²) < 4.78 is 1.95. The summed E-state index contributed by atoms with van der Waals surface area (Å²) in [6.07, 6.45) is 3.54. The number of fused-ring (bicyclic) bond motifs is 1. The number of nitrogens with one attached hydrogen (secondary N) is 1. The number of rotatable bonds is 3. The fourth-order valence-electron chi connectivity index (χ4n) is 2.15. The molecule has 94 valence electrons. The molecule has 1 aliphatic carbocycles. The van der Waals surface area contributed by atoms with E-state index in [2.05, 4.69) is 10.3 Å². The maximum absolute atomic E-state index is 12.1. The van der Waals surface area contributed by atoms with E-state index in [4.69, 9.17) is 5.73 Å². The molecule has 1 aliphatic rings. The van der Waals surface area contributed by atoms with Crippen LogP contribution in [0, 0.1) is 5.41 Å². The van der Waals surface area contributed by atoms with Crippen molar-refractivity contribution < 1.29 is 4.79 Å². The maximum Gasteiger partial charge on any atom is 0.231 e. The molecule has 0 aliphatic heterocycles. The lowest BCUT2D eigenvalue weighted by Gasteiger charge is -2.12. The average Bonchev–Trinajstić information content (AvgIpc) is 3.10. The van der Waals surface area contributed by atoms with E-state index >= 15 is 0 Å². The van der Waals surface area contributed by atoms with Crippen molar-refractivity contribution in [3.63, 3.8) is 0 Å². The number of aryl methyl sites for hydroxylation is 1. The Morgan fingerprint density at radius 2 is 2.33 bits per heavy atom. The molecule has 1 amide bonds. The first-order valence-electron chi connectivity index (χ1n) is 6.07. The molecule has 0 atom stereocenters. The van der Waals surface area contributed by atoms with E-state index in [9.17, 15) is 4.79 Å². The van der Waals surface area contributed by atoms with Gasteiger partial charge in [0.25, 0.3) is 0 Å².